The molecule has 0 amide bonds. The van der Waals surface area contributed by atoms with Crippen molar-refractivity contribution >= 4 is 41.5 Å². The minimum atomic E-state index is -4.44. The lowest BCUT2D eigenvalue weighted by Crippen LogP contribution is -2.42. The molecule has 1 saturated heterocycles. The van der Waals surface area contributed by atoms with Crippen LogP contribution in [0.2, 0.25) is 0 Å². The van der Waals surface area contributed by atoms with E-state index in [0.29, 0.717) is 28.6 Å². The lowest BCUT2D eigenvalue weighted by atomic mass is 9.97. The van der Waals surface area contributed by atoms with E-state index in [4.69, 9.17) is 24.9 Å². The van der Waals surface area contributed by atoms with Gasteiger partial charge in [0.05, 0.1) is 19.0 Å². The molecule has 1 aliphatic heterocycles. The zero-order valence-corrected chi connectivity index (χ0v) is 28.1. The fourth-order valence-electron chi connectivity index (χ4n) is 5.66. The maximum atomic E-state index is 16.6. The van der Waals surface area contributed by atoms with E-state index >= 15 is 4.39 Å². The minimum absolute atomic E-state index is 0.203. The molecule has 15 heteroatoms. The number of rotatable bonds is 12. The van der Waals surface area contributed by atoms with Crippen molar-refractivity contribution in [2.45, 2.75) is 82.8 Å². The maximum Gasteiger partial charge on any atom is 0.459 e. The summed E-state index contributed by atoms with van der Waals surface area (Å²) in [5, 5.41) is 15.3. The average Bonchev–Trinajstić information content (AvgIpc) is 3.78. The van der Waals surface area contributed by atoms with Crippen LogP contribution in [0, 0.1) is 19.3 Å². The normalized spacial score (nSPS) is 24.4. The summed E-state index contributed by atoms with van der Waals surface area (Å²) < 4.78 is 55.2. The monoisotopic (exact) mass is 680 g/mol. The highest BCUT2D eigenvalue weighted by Crippen LogP contribution is 2.49. The highest BCUT2D eigenvalue weighted by atomic mass is 31.2. The number of aromatic nitrogens is 4. The largest absolute Gasteiger partial charge is 0.462 e. The van der Waals surface area contributed by atoms with Gasteiger partial charge >= 0.3 is 13.7 Å². The lowest BCUT2D eigenvalue weighted by Gasteiger charge is -2.25. The van der Waals surface area contributed by atoms with Crippen LogP contribution in [0.4, 0.5) is 10.2 Å². The van der Waals surface area contributed by atoms with E-state index in [2.05, 4.69) is 20.0 Å². The molecule has 2 fully saturated rings. The number of aryl methyl sites for hydroxylation is 1. The zero-order chi connectivity index (χ0) is 34.4. The molecule has 0 radical (unpaired) electrons. The molecule has 2 aliphatic rings. The van der Waals surface area contributed by atoms with E-state index in [1.165, 1.54) is 17.8 Å². The average molecular weight is 681 g/mol. The van der Waals surface area contributed by atoms with Gasteiger partial charge < -0.3 is 24.0 Å². The minimum Gasteiger partial charge on any atom is -0.462 e. The number of imidazole rings is 1. The Morgan fingerprint density at radius 2 is 1.98 bits per heavy atom. The number of ether oxygens (including phenoxy) is 2. The number of carbonyl (C=O) groups excluding carboxylic acids is 1. The SMILES string of the molecule is C#C[C@@]1(F)[C@H](O)[C@@H](COP(=O)(N[C@@H](C)C(=O)OC(C)C)Oc2cccc3ccccc23)O[C@H]1n1cnc2c(N(C)C3CC3)nc(C)nc21. The third-order valence-electron chi connectivity index (χ3n) is 8.30. The van der Waals surface area contributed by atoms with Gasteiger partial charge in [-0.2, -0.15) is 5.09 Å². The summed E-state index contributed by atoms with van der Waals surface area (Å²) in [6, 6.07) is 11.6. The second-order valence-corrected chi connectivity index (χ2v) is 14.0. The van der Waals surface area contributed by atoms with Gasteiger partial charge in [-0.1, -0.05) is 42.3 Å². The van der Waals surface area contributed by atoms with Crippen LogP contribution < -0.4 is 14.5 Å². The van der Waals surface area contributed by atoms with Gasteiger partial charge in [-0.05, 0) is 52.0 Å². The first kappa shape index (κ1) is 33.8. The first-order chi connectivity index (χ1) is 22.8. The summed E-state index contributed by atoms with van der Waals surface area (Å²) in [6.45, 7) is 5.88. The number of anilines is 1. The number of nitrogens with zero attached hydrogens (tertiary/aromatic N) is 5. The Kier molecular flexibility index (Phi) is 9.19. The van der Waals surface area contributed by atoms with E-state index in [-0.39, 0.29) is 11.4 Å². The Morgan fingerprint density at radius 1 is 1.25 bits per heavy atom. The predicted molar refractivity (Wildman–Crippen MR) is 176 cm³/mol. The maximum absolute atomic E-state index is 16.6. The molecular formula is C33H38FN6O7P. The fraction of sp³-hybridized carbons (Fsp3) is 0.455. The van der Waals surface area contributed by atoms with Gasteiger partial charge in [0.1, 0.15) is 29.8 Å². The zero-order valence-electron chi connectivity index (χ0n) is 27.2. The molecule has 0 spiro atoms. The lowest BCUT2D eigenvalue weighted by molar-refractivity contribution is -0.149. The molecule has 6 atom stereocenters. The number of terminal acetylenes is 1. The van der Waals surface area contributed by atoms with Crippen LogP contribution in [0.5, 0.6) is 5.75 Å². The number of hydrogen-bond donors (Lipinski definition) is 2. The number of fused-ring (bicyclic) bond motifs is 2. The number of hydrogen-bond acceptors (Lipinski definition) is 11. The van der Waals surface area contributed by atoms with Gasteiger partial charge in [0.15, 0.2) is 23.2 Å². The van der Waals surface area contributed by atoms with E-state index in [9.17, 15) is 14.5 Å². The fourth-order valence-corrected chi connectivity index (χ4v) is 7.18. The van der Waals surface area contributed by atoms with Crippen LogP contribution in [0.3, 0.4) is 0 Å². The van der Waals surface area contributed by atoms with Gasteiger partial charge in [-0.15, -0.1) is 6.42 Å². The second kappa shape index (κ2) is 13.1. The van der Waals surface area contributed by atoms with Crippen LogP contribution in [-0.2, 0) is 23.4 Å². The van der Waals surface area contributed by atoms with E-state index < -0.39 is 56.6 Å². The second-order valence-electron chi connectivity index (χ2n) is 12.3. The molecule has 1 aliphatic carbocycles. The molecular weight excluding hydrogens is 642 g/mol. The van der Waals surface area contributed by atoms with E-state index in [0.717, 1.165) is 18.2 Å². The molecule has 254 valence electrons. The van der Waals surface area contributed by atoms with Crippen LogP contribution in [0.25, 0.3) is 21.9 Å². The molecule has 13 nitrogen and oxygen atoms in total. The summed E-state index contributed by atoms with van der Waals surface area (Å²) >= 11 is 0. The first-order valence-electron chi connectivity index (χ1n) is 15.7. The van der Waals surface area contributed by atoms with Crippen molar-refractivity contribution in [3.8, 4) is 18.1 Å². The van der Waals surface area contributed by atoms with Gasteiger partial charge in [0, 0.05) is 18.5 Å². The molecule has 6 rings (SSSR count). The molecule has 48 heavy (non-hydrogen) atoms. The molecule has 1 unspecified atom stereocenters. The van der Waals surface area contributed by atoms with Crippen molar-refractivity contribution in [1.82, 2.24) is 24.6 Å². The quantitative estimate of drug-likeness (QED) is 0.122. The number of esters is 1. The number of halogens is 1. The summed E-state index contributed by atoms with van der Waals surface area (Å²) in [4.78, 5) is 28.2. The Balaban J connectivity index is 1.29. The van der Waals surface area contributed by atoms with Gasteiger partial charge in [-0.3, -0.25) is 13.9 Å². The highest BCUT2D eigenvalue weighted by molar-refractivity contribution is 7.52. The summed E-state index contributed by atoms with van der Waals surface area (Å²) in [5.41, 5.74) is -2.07. The number of carbonyl (C=O) groups is 1. The van der Waals surface area contributed by atoms with Crippen molar-refractivity contribution in [3.63, 3.8) is 0 Å². The molecule has 0 bridgehead atoms. The van der Waals surface area contributed by atoms with Crippen LogP contribution in [-0.4, -0.2) is 80.3 Å². The summed E-state index contributed by atoms with van der Waals surface area (Å²) in [5.74, 6) is 2.57. The Labute approximate surface area is 277 Å². The number of benzene rings is 2. The molecule has 2 aromatic carbocycles. The van der Waals surface area contributed by atoms with Crippen molar-refractivity contribution in [1.29, 1.82) is 0 Å². The third kappa shape index (κ3) is 6.49. The van der Waals surface area contributed by atoms with Crippen LogP contribution >= 0.6 is 7.75 Å². The van der Waals surface area contributed by atoms with E-state index in [1.807, 2.05) is 36.1 Å². The number of aliphatic hydroxyl groups excluding tert-OH is 1. The number of aliphatic hydroxyl groups is 1. The summed E-state index contributed by atoms with van der Waals surface area (Å²) in [6.07, 6.45) is 3.70. The van der Waals surface area contributed by atoms with Gasteiger partial charge in [0.2, 0.25) is 5.67 Å². The molecule has 1 saturated carbocycles. The third-order valence-corrected chi connectivity index (χ3v) is 9.93. The predicted octanol–water partition coefficient (Wildman–Crippen LogP) is 4.62. The highest BCUT2D eigenvalue weighted by Gasteiger charge is 2.58. The van der Waals surface area contributed by atoms with Crippen molar-refractivity contribution in [2.24, 2.45) is 0 Å². The topological polar surface area (TPSA) is 150 Å². The van der Waals surface area contributed by atoms with Crippen molar-refractivity contribution in [3.05, 3.63) is 54.6 Å². The number of alkyl halides is 1. The van der Waals surface area contributed by atoms with Crippen LogP contribution in [0.15, 0.2) is 48.8 Å². The Bertz CT molecular complexity index is 1920. The Hall–Kier alpha value is -4.12. The van der Waals surface area contributed by atoms with E-state index in [1.54, 1.807) is 45.0 Å². The standard InChI is InChI=1S/C33H38FN6O7P/c1-7-33(34)28(41)26(46-32(33)40-18-35-27-29(39(6)23-15-16-23)36-21(5)37-30(27)40)17-44-48(43,38-20(4)31(42)45-19(2)3)47-25-14-10-12-22-11-8-9-13-24(22)25/h1,8-14,18-20,23,26,28,32,41H,15-17H2,2-6H3,(H,38,43)/t20-,26+,28+,32+,33+,48?/m0/s1. The van der Waals surface area contributed by atoms with Gasteiger partial charge in [0.25, 0.3) is 0 Å². The molecule has 2 aromatic heterocycles. The first-order valence-corrected chi connectivity index (χ1v) is 17.2. The molecule has 2 N–H and O–H groups in total. The molecule has 4 aromatic rings. The van der Waals surface area contributed by atoms with Gasteiger partial charge in [-0.25, -0.2) is 23.9 Å². The molecule has 3 heterocycles. The van der Waals surface area contributed by atoms with Crippen molar-refractivity contribution in [2.75, 3.05) is 18.6 Å². The smallest absolute Gasteiger partial charge is 0.459 e. The summed E-state index contributed by atoms with van der Waals surface area (Å²) in [7, 11) is -2.52. The number of nitrogens with one attached hydrogen (secondary N) is 1. The Morgan fingerprint density at radius 3 is 2.69 bits per heavy atom. The van der Waals surface area contributed by atoms with Crippen molar-refractivity contribution < 1.29 is 37.4 Å². The van der Waals surface area contributed by atoms with Crippen LogP contribution in [0.1, 0.15) is 45.7 Å².